The topological polar surface area (TPSA) is 88.8 Å². The highest BCUT2D eigenvalue weighted by Crippen LogP contribution is 2.24. The number of fused-ring (bicyclic) bond motifs is 1. The highest BCUT2D eigenvalue weighted by molar-refractivity contribution is 5.91. The van der Waals surface area contributed by atoms with Gasteiger partial charge in [0.25, 0.3) is 0 Å². The van der Waals surface area contributed by atoms with Gasteiger partial charge in [-0.1, -0.05) is 18.2 Å². The van der Waals surface area contributed by atoms with Crippen LogP contribution in [0.5, 0.6) is 0 Å². The summed E-state index contributed by atoms with van der Waals surface area (Å²) in [5, 5.41) is 4.29. The first kappa shape index (κ1) is 12.3. The lowest BCUT2D eigenvalue weighted by molar-refractivity contribution is 1.16. The molecule has 6 heteroatoms. The second-order valence-electron chi connectivity index (χ2n) is 4.39. The van der Waals surface area contributed by atoms with Gasteiger partial charge in [-0.05, 0) is 19.1 Å². The lowest BCUT2D eigenvalue weighted by Gasteiger charge is -2.09. The molecule has 0 atom stereocenters. The SMILES string of the molecule is Cc1ccc2cccc(Nc3cncc(NN)n3)c2n1. The average molecular weight is 266 g/mol. The number of pyridine rings is 1. The first-order chi connectivity index (χ1) is 9.76. The van der Waals surface area contributed by atoms with Crippen LogP contribution >= 0.6 is 0 Å². The number of anilines is 3. The summed E-state index contributed by atoms with van der Waals surface area (Å²) < 4.78 is 0. The number of hydrazine groups is 1. The lowest BCUT2D eigenvalue weighted by atomic mass is 10.2. The van der Waals surface area contributed by atoms with Crippen LogP contribution in [-0.2, 0) is 0 Å². The van der Waals surface area contributed by atoms with Crippen molar-refractivity contribution in [3.63, 3.8) is 0 Å². The maximum absolute atomic E-state index is 5.33. The van der Waals surface area contributed by atoms with Gasteiger partial charge in [0.1, 0.15) is 0 Å². The molecule has 100 valence electrons. The van der Waals surface area contributed by atoms with Crippen LogP contribution in [0.2, 0.25) is 0 Å². The van der Waals surface area contributed by atoms with Crippen molar-refractivity contribution < 1.29 is 0 Å². The largest absolute Gasteiger partial charge is 0.337 e. The lowest BCUT2D eigenvalue weighted by Crippen LogP contribution is -2.09. The fourth-order valence-corrected chi connectivity index (χ4v) is 1.98. The molecule has 0 saturated carbocycles. The number of nitrogens with one attached hydrogen (secondary N) is 2. The monoisotopic (exact) mass is 266 g/mol. The Kier molecular flexibility index (Phi) is 3.14. The summed E-state index contributed by atoms with van der Waals surface area (Å²) >= 11 is 0. The molecule has 0 radical (unpaired) electrons. The zero-order chi connectivity index (χ0) is 13.9. The Morgan fingerprint density at radius 1 is 1.00 bits per heavy atom. The third-order valence-corrected chi connectivity index (χ3v) is 2.90. The van der Waals surface area contributed by atoms with Gasteiger partial charge < -0.3 is 10.7 Å². The first-order valence-corrected chi connectivity index (χ1v) is 6.18. The van der Waals surface area contributed by atoms with Crippen molar-refractivity contribution >= 4 is 28.2 Å². The molecule has 0 aliphatic carbocycles. The molecule has 0 aliphatic rings. The number of para-hydroxylation sites is 1. The summed E-state index contributed by atoms with van der Waals surface area (Å²) in [4.78, 5) is 12.9. The van der Waals surface area contributed by atoms with Crippen molar-refractivity contribution in [2.45, 2.75) is 6.92 Å². The van der Waals surface area contributed by atoms with Gasteiger partial charge in [0.15, 0.2) is 11.6 Å². The van der Waals surface area contributed by atoms with E-state index in [4.69, 9.17) is 5.84 Å². The third-order valence-electron chi connectivity index (χ3n) is 2.90. The molecule has 2 heterocycles. The van der Waals surface area contributed by atoms with Crippen LogP contribution in [-0.4, -0.2) is 15.0 Å². The molecule has 20 heavy (non-hydrogen) atoms. The Bertz CT molecular complexity index is 755. The van der Waals surface area contributed by atoms with Gasteiger partial charge in [-0.15, -0.1) is 0 Å². The molecule has 0 saturated heterocycles. The Balaban J connectivity index is 2.03. The fraction of sp³-hybridized carbons (Fsp3) is 0.0714. The van der Waals surface area contributed by atoms with Gasteiger partial charge in [0.05, 0.1) is 23.6 Å². The first-order valence-electron chi connectivity index (χ1n) is 6.18. The van der Waals surface area contributed by atoms with Crippen LogP contribution in [0.1, 0.15) is 5.69 Å². The summed E-state index contributed by atoms with van der Waals surface area (Å²) in [5.41, 5.74) is 5.23. The molecule has 4 N–H and O–H groups in total. The zero-order valence-corrected chi connectivity index (χ0v) is 11.0. The van der Waals surface area contributed by atoms with Crippen LogP contribution in [0.4, 0.5) is 17.3 Å². The second kappa shape index (κ2) is 5.10. The summed E-state index contributed by atoms with van der Waals surface area (Å²) in [5.74, 6) is 6.44. The number of nitrogens with zero attached hydrogens (tertiary/aromatic N) is 3. The molecule has 0 bridgehead atoms. The smallest absolute Gasteiger partial charge is 0.160 e. The van der Waals surface area contributed by atoms with E-state index in [1.54, 1.807) is 12.4 Å². The molecule has 0 spiro atoms. The Labute approximate surface area is 116 Å². The fourth-order valence-electron chi connectivity index (χ4n) is 1.98. The molecule has 3 rings (SSSR count). The van der Waals surface area contributed by atoms with Crippen molar-refractivity contribution in [1.82, 2.24) is 15.0 Å². The minimum absolute atomic E-state index is 0.499. The van der Waals surface area contributed by atoms with Crippen molar-refractivity contribution in [3.8, 4) is 0 Å². The summed E-state index contributed by atoms with van der Waals surface area (Å²) in [6.45, 7) is 1.97. The number of nitrogen functional groups attached to an aromatic ring is 1. The maximum atomic E-state index is 5.33. The van der Waals surface area contributed by atoms with Crippen LogP contribution in [0.15, 0.2) is 42.7 Å². The Morgan fingerprint density at radius 3 is 2.70 bits per heavy atom. The van der Waals surface area contributed by atoms with Crippen LogP contribution in [0.25, 0.3) is 10.9 Å². The average Bonchev–Trinajstić information content (AvgIpc) is 2.48. The summed E-state index contributed by atoms with van der Waals surface area (Å²) in [7, 11) is 0. The quantitative estimate of drug-likeness (QED) is 0.498. The number of rotatable bonds is 3. The Morgan fingerprint density at radius 2 is 1.85 bits per heavy atom. The van der Waals surface area contributed by atoms with Crippen LogP contribution in [0, 0.1) is 6.92 Å². The van der Waals surface area contributed by atoms with E-state index in [9.17, 15) is 0 Å². The maximum Gasteiger partial charge on any atom is 0.160 e. The van der Waals surface area contributed by atoms with Gasteiger partial charge >= 0.3 is 0 Å². The molecule has 3 aromatic rings. The van der Waals surface area contributed by atoms with E-state index in [0.717, 1.165) is 22.3 Å². The zero-order valence-electron chi connectivity index (χ0n) is 11.0. The van der Waals surface area contributed by atoms with Crippen molar-refractivity contribution in [3.05, 3.63) is 48.4 Å². The summed E-state index contributed by atoms with van der Waals surface area (Å²) in [6, 6.07) is 9.99. The predicted octanol–water partition coefficient (Wildman–Crippen LogP) is 2.36. The highest BCUT2D eigenvalue weighted by atomic mass is 15.3. The summed E-state index contributed by atoms with van der Waals surface area (Å²) in [6.07, 6.45) is 3.19. The Hall–Kier alpha value is -2.73. The molecule has 1 aromatic carbocycles. The van der Waals surface area contributed by atoms with Gasteiger partial charge in [-0.3, -0.25) is 9.97 Å². The van der Waals surface area contributed by atoms with Crippen molar-refractivity contribution in [2.24, 2.45) is 5.84 Å². The molecule has 2 aromatic heterocycles. The molecule has 6 nitrogen and oxygen atoms in total. The molecule has 0 amide bonds. The third kappa shape index (κ3) is 2.36. The van der Waals surface area contributed by atoms with E-state index < -0.39 is 0 Å². The van der Waals surface area contributed by atoms with E-state index in [1.165, 1.54) is 0 Å². The number of hydrogen-bond donors (Lipinski definition) is 3. The molecule has 0 fully saturated rings. The van der Waals surface area contributed by atoms with Gasteiger partial charge in [0, 0.05) is 11.1 Å². The van der Waals surface area contributed by atoms with Gasteiger partial charge in [0.2, 0.25) is 0 Å². The van der Waals surface area contributed by atoms with Gasteiger partial charge in [-0.2, -0.15) is 0 Å². The standard InChI is InChI=1S/C14H14N6/c1-9-5-6-10-3-2-4-11(14(10)17-9)18-12-7-16-8-13(19-12)20-15/h2-8H,15H2,1H3,(H2,18,19,20). The predicted molar refractivity (Wildman–Crippen MR) is 79.6 cm³/mol. The van der Waals surface area contributed by atoms with Crippen molar-refractivity contribution in [2.75, 3.05) is 10.7 Å². The van der Waals surface area contributed by atoms with Crippen LogP contribution < -0.4 is 16.6 Å². The molecule has 0 unspecified atom stereocenters. The number of aromatic nitrogens is 3. The number of benzene rings is 1. The number of aryl methyl sites for hydroxylation is 1. The minimum atomic E-state index is 0.499. The van der Waals surface area contributed by atoms with E-state index >= 15 is 0 Å². The minimum Gasteiger partial charge on any atom is -0.337 e. The molecular weight excluding hydrogens is 252 g/mol. The van der Waals surface area contributed by atoms with Gasteiger partial charge in [-0.25, -0.2) is 10.8 Å². The highest BCUT2D eigenvalue weighted by Gasteiger charge is 2.04. The van der Waals surface area contributed by atoms with E-state index in [0.29, 0.717) is 11.6 Å². The van der Waals surface area contributed by atoms with E-state index in [2.05, 4.69) is 25.7 Å². The van der Waals surface area contributed by atoms with Crippen molar-refractivity contribution in [1.29, 1.82) is 0 Å². The van der Waals surface area contributed by atoms with E-state index in [1.807, 2.05) is 37.3 Å². The number of nitrogens with two attached hydrogens (primary N) is 1. The number of hydrogen-bond acceptors (Lipinski definition) is 6. The molecular formula is C14H14N6. The van der Waals surface area contributed by atoms with Crippen LogP contribution in [0.3, 0.4) is 0 Å². The normalized spacial score (nSPS) is 10.5. The molecule has 0 aliphatic heterocycles. The second-order valence-corrected chi connectivity index (χ2v) is 4.39. The van der Waals surface area contributed by atoms with E-state index in [-0.39, 0.29) is 0 Å².